The van der Waals surface area contributed by atoms with Crippen LogP contribution >= 0.6 is 11.3 Å². The lowest BCUT2D eigenvalue weighted by molar-refractivity contribution is -0.137. The molecule has 1 N–H and O–H groups in total. The van der Waals surface area contributed by atoms with Crippen LogP contribution in [0.25, 0.3) is 0 Å². The van der Waals surface area contributed by atoms with E-state index in [4.69, 9.17) is 4.74 Å². The largest absolute Gasteiger partial charge is 0.512 e. The molecule has 0 amide bonds. The number of hydrogen-bond donors (Lipinski definition) is 1. The van der Waals surface area contributed by atoms with Crippen molar-refractivity contribution in [3.8, 4) is 0 Å². The van der Waals surface area contributed by atoms with Gasteiger partial charge in [-0.15, -0.1) is 11.3 Å². The van der Waals surface area contributed by atoms with Gasteiger partial charge in [0.05, 0.1) is 24.8 Å². The molecule has 0 unspecified atom stereocenters. The minimum absolute atomic E-state index is 0.00336. The molecule has 0 bridgehead atoms. The third-order valence-corrected chi connectivity index (χ3v) is 7.77. The molecule has 1 aromatic heterocycles. The maximum atomic E-state index is 13.3. The van der Waals surface area contributed by atoms with Gasteiger partial charge in [0.1, 0.15) is 9.97 Å². The molecule has 1 aromatic carbocycles. The van der Waals surface area contributed by atoms with Crippen molar-refractivity contribution >= 4 is 27.3 Å². The van der Waals surface area contributed by atoms with Crippen LogP contribution < -0.4 is 0 Å². The van der Waals surface area contributed by atoms with E-state index < -0.39 is 28.1 Å². The fourth-order valence-corrected chi connectivity index (χ4v) is 6.12. The molecule has 8 heteroatoms. The van der Waals surface area contributed by atoms with E-state index in [9.17, 15) is 18.3 Å². The number of carbonyl (C=O) groups excluding carboxylic acids is 1. The number of thiophene rings is 1. The van der Waals surface area contributed by atoms with Gasteiger partial charge in [0.2, 0.25) is 0 Å². The highest BCUT2D eigenvalue weighted by atomic mass is 32.2. The molecule has 0 saturated carbocycles. The lowest BCUT2D eigenvalue weighted by Crippen LogP contribution is -2.47. The molecule has 26 heavy (non-hydrogen) atoms. The molecular formula is C18H19NO5S2. The zero-order valence-electron chi connectivity index (χ0n) is 14.3. The van der Waals surface area contributed by atoms with Gasteiger partial charge in [-0.2, -0.15) is 4.31 Å². The van der Waals surface area contributed by atoms with Crippen molar-refractivity contribution in [2.45, 2.75) is 29.6 Å². The molecule has 0 saturated heterocycles. The summed E-state index contributed by atoms with van der Waals surface area (Å²) in [5, 5.41) is 12.1. The number of methoxy groups -OCH3 is 1. The lowest BCUT2D eigenvalue weighted by atomic mass is 9.92. The number of aliphatic hydroxyl groups is 1. The van der Waals surface area contributed by atoms with Gasteiger partial charge < -0.3 is 9.84 Å². The number of hydrogen-bond acceptors (Lipinski definition) is 6. The van der Waals surface area contributed by atoms with Crippen molar-refractivity contribution in [3.63, 3.8) is 0 Å². The van der Waals surface area contributed by atoms with E-state index in [0.29, 0.717) is 0 Å². The highest BCUT2D eigenvalue weighted by Crippen LogP contribution is 2.41. The predicted octanol–water partition coefficient (Wildman–Crippen LogP) is 3.26. The second-order valence-corrected chi connectivity index (χ2v) is 8.94. The number of carbonyl (C=O) groups is 1. The van der Waals surface area contributed by atoms with E-state index in [2.05, 4.69) is 0 Å². The Bertz CT molecular complexity index is 920. The minimum atomic E-state index is -3.86. The van der Waals surface area contributed by atoms with Crippen LogP contribution in [-0.4, -0.2) is 37.0 Å². The summed E-state index contributed by atoms with van der Waals surface area (Å²) < 4.78 is 32.8. The second-order valence-electron chi connectivity index (χ2n) is 5.93. The van der Waals surface area contributed by atoms with Crippen molar-refractivity contribution in [1.82, 2.24) is 4.31 Å². The molecular weight excluding hydrogens is 374 g/mol. The van der Waals surface area contributed by atoms with Crippen molar-refractivity contribution in [3.05, 3.63) is 64.7 Å². The summed E-state index contributed by atoms with van der Waals surface area (Å²) in [7, 11) is -2.66. The summed E-state index contributed by atoms with van der Waals surface area (Å²) >= 11 is 1.11. The Morgan fingerprint density at radius 1 is 1.23 bits per heavy atom. The summed E-state index contributed by atoms with van der Waals surface area (Å²) in [4.78, 5) is 12.1. The standard InChI is InChI=1S/C18H19NO5S2/c1-12-17(18(21)24-2)15(20)11-14(13-7-4-3-5-8-13)19(12)26(22,23)16-9-6-10-25-16/h3-10,12,14,20H,11H2,1-2H3/t12-,14-/m0/s1. The third-order valence-electron chi connectivity index (χ3n) is 4.42. The maximum Gasteiger partial charge on any atom is 0.338 e. The smallest absolute Gasteiger partial charge is 0.338 e. The first-order valence-electron chi connectivity index (χ1n) is 8.00. The van der Waals surface area contributed by atoms with Crippen LogP contribution in [-0.2, 0) is 19.6 Å². The van der Waals surface area contributed by atoms with E-state index in [1.165, 1.54) is 17.5 Å². The topological polar surface area (TPSA) is 83.9 Å². The maximum absolute atomic E-state index is 13.3. The number of sulfonamides is 1. The Morgan fingerprint density at radius 2 is 1.92 bits per heavy atom. The molecule has 2 heterocycles. The zero-order chi connectivity index (χ0) is 18.9. The lowest BCUT2D eigenvalue weighted by Gasteiger charge is -2.39. The predicted molar refractivity (Wildman–Crippen MR) is 98.3 cm³/mol. The Hall–Kier alpha value is -2.16. The Kier molecular flexibility index (Phi) is 5.17. The molecule has 0 fully saturated rings. The number of esters is 1. The molecule has 1 aliphatic rings. The average molecular weight is 393 g/mol. The summed E-state index contributed by atoms with van der Waals surface area (Å²) in [6.45, 7) is 1.59. The number of nitrogens with zero attached hydrogens (tertiary/aromatic N) is 1. The fourth-order valence-electron chi connectivity index (χ4n) is 3.25. The van der Waals surface area contributed by atoms with Crippen LogP contribution in [0.1, 0.15) is 24.9 Å². The van der Waals surface area contributed by atoms with Gasteiger partial charge in [0.25, 0.3) is 10.0 Å². The second kappa shape index (κ2) is 7.22. The first-order chi connectivity index (χ1) is 12.4. The van der Waals surface area contributed by atoms with E-state index >= 15 is 0 Å². The van der Waals surface area contributed by atoms with Gasteiger partial charge in [-0.3, -0.25) is 0 Å². The molecule has 2 aromatic rings. The monoisotopic (exact) mass is 393 g/mol. The van der Waals surface area contributed by atoms with Crippen LogP contribution in [0.15, 0.2) is 63.4 Å². The van der Waals surface area contributed by atoms with Crippen molar-refractivity contribution < 1.29 is 23.1 Å². The van der Waals surface area contributed by atoms with Gasteiger partial charge in [0, 0.05) is 6.42 Å². The van der Waals surface area contributed by atoms with Crippen LogP contribution in [0.5, 0.6) is 0 Å². The Labute approximate surface area is 156 Å². The number of benzene rings is 1. The third kappa shape index (κ3) is 3.15. The van der Waals surface area contributed by atoms with Crippen molar-refractivity contribution in [1.29, 1.82) is 0 Å². The summed E-state index contributed by atoms with van der Waals surface area (Å²) in [5.74, 6) is -0.872. The number of ether oxygens (including phenoxy) is 1. The van der Waals surface area contributed by atoms with Gasteiger partial charge in [-0.25, -0.2) is 13.2 Å². The van der Waals surface area contributed by atoms with Crippen LogP contribution in [0.3, 0.4) is 0 Å². The summed E-state index contributed by atoms with van der Waals surface area (Å²) in [5.41, 5.74) is 0.717. The number of aliphatic hydroxyl groups excluding tert-OH is 1. The molecule has 0 spiro atoms. The molecule has 6 nitrogen and oxygen atoms in total. The highest BCUT2D eigenvalue weighted by Gasteiger charge is 2.45. The van der Waals surface area contributed by atoms with Gasteiger partial charge in [0.15, 0.2) is 0 Å². The quantitative estimate of drug-likeness (QED) is 0.806. The van der Waals surface area contributed by atoms with Crippen LogP contribution in [0.2, 0.25) is 0 Å². The average Bonchev–Trinajstić information content (AvgIpc) is 3.17. The van der Waals surface area contributed by atoms with Crippen LogP contribution in [0, 0.1) is 0 Å². The van der Waals surface area contributed by atoms with Gasteiger partial charge >= 0.3 is 5.97 Å². The van der Waals surface area contributed by atoms with E-state index in [1.54, 1.807) is 18.4 Å². The number of rotatable bonds is 4. The summed E-state index contributed by atoms with van der Waals surface area (Å²) in [6, 6.07) is 10.8. The van der Waals surface area contributed by atoms with Crippen LogP contribution in [0.4, 0.5) is 0 Å². The summed E-state index contributed by atoms with van der Waals surface area (Å²) in [6.07, 6.45) is 0.00336. The van der Waals surface area contributed by atoms with Gasteiger partial charge in [-0.05, 0) is 23.9 Å². The highest BCUT2D eigenvalue weighted by molar-refractivity contribution is 7.91. The SMILES string of the molecule is COC(=O)C1=C(O)C[C@@H](c2ccccc2)N(S(=O)(=O)c2cccs2)[C@H]1C. The van der Waals surface area contributed by atoms with Crippen molar-refractivity contribution in [2.75, 3.05) is 7.11 Å². The molecule has 0 radical (unpaired) electrons. The minimum Gasteiger partial charge on any atom is -0.512 e. The molecule has 138 valence electrons. The Morgan fingerprint density at radius 3 is 2.50 bits per heavy atom. The Balaban J connectivity index is 2.17. The molecule has 3 rings (SSSR count). The molecule has 2 atom stereocenters. The molecule has 1 aliphatic heterocycles. The molecule has 0 aliphatic carbocycles. The van der Waals surface area contributed by atoms with E-state index in [1.807, 2.05) is 30.3 Å². The van der Waals surface area contributed by atoms with E-state index in [0.717, 1.165) is 16.9 Å². The first-order valence-corrected chi connectivity index (χ1v) is 10.3. The van der Waals surface area contributed by atoms with Crippen molar-refractivity contribution in [2.24, 2.45) is 0 Å². The zero-order valence-corrected chi connectivity index (χ0v) is 16.0. The van der Waals surface area contributed by atoms with E-state index in [-0.39, 0.29) is 22.0 Å². The first kappa shape index (κ1) is 18.6. The van der Waals surface area contributed by atoms with Gasteiger partial charge in [-0.1, -0.05) is 36.4 Å². The fraction of sp³-hybridized carbons (Fsp3) is 0.278. The normalized spacial score (nSPS) is 21.6.